The zero-order valence-electron chi connectivity index (χ0n) is 10.6. The van der Waals surface area contributed by atoms with Crippen LogP contribution in [0.25, 0.3) is 0 Å². The molecule has 0 saturated carbocycles. The summed E-state index contributed by atoms with van der Waals surface area (Å²) in [6, 6.07) is 6.71. The van der Waals surface area contributed by atoms with Crippen LogP contribution in [0.15, 0.2) is 23.6 Å². The molecule has 1 unspecified atom stereocenters. The van der Waals surface area contributed by atoms with Gasteiger partial charge in [-0.05, 0) is 37.4 Å². The molecule has 0 aliphatic carbocycles. The van der Waals surface area contributed by atoms with Crippen LogP contribution < -0.4 is 5.32 Å². The Morgan fingerprint density at radius 2 is 2.35 bits per heavy atom. The summed E-state index contributed by atoms with van der Waals surface area (Å²) < 4.78 is 1.97. The second kappa shape index (κ2) is 5.47. The second-order valence-corrected chi connectivity index (χ2v) is 5.22. The normalized spacial score (nSPS) is 12.9. The highest BCUT2D eigenvalue weighted by Crippen LogP contribution is 2.26. The lowest BCUT2D eigenvalue weighted by atomic mass is 10.1. The molecule has 0 saturated heterocycles. The van der Waals surface area contributed by atoms with Gasteiger partial charge in [-0.3, -0.25) is 4.68 Å². The molecule has 17 heavy (non-hydrogen) atoms. The molecule has 0 aliphatic heterocycles. The van der Waals surface area contributed by atoms with Gasteiger partial charge in [0, 0.05) is 11.9 Å². The van der Waals surface area contributed by atoms with Gasteiger partial charge >= 0.3 is 0 Å². The van der Waals surface area contributed by atoms with Gasteiger partial charge < -0.3 is 5.32 Å². The third-order valence-corrected chi connectivity index (χ3v) is 3.70. The van der Waals surface area contributed by atoms with Crippen LogP contribution in [0.3, 0.4) is 0 Å². The van der Waals surface area contributed by atoms with Gasteiger partial charge in [0.15, 0.2) is 0 Å². The number of aromatic nitrogens is 2. The van der Waals surface area contributed by atoms with Gasteiger partial charge in [-0.15, -0.1) is 11.3 Å². The molecule has 1 N–H and O–H groups in total. The Balaban J connectivity index is 2.30. The molecule has 0 amide bonds. The fraction of sp³-hybridized carbons (Fsp3) is 0.462. The number of nitrogens with zero attached hydrogens (tertiary/aromatic N) is 2. The minimum absolute atomic E-state index is 0.265. The number of thiophene rings is 1. The molecule has 92 valence electrons. The maximum absolute atomic E-state index is 4.43. The molecule has 0 aromatic carbocycles. The predicted molar refractivity (Wildman–Crippen MR) is 72.4 cm³/mol. The van der Waals surface area contributed by atoms with Crippen molar-refractivity contribution >= 4 is 11.3 Å². The first kappa shape index (κ1) is 12.3. The first-order chi connectivity index (χ1) is 8.22. The summed E-state index contributed by atoms with van der Waals surface area (Å²) in [6.07, 6.45) is 1.14. The maximum atomic E-state index is 4.43. The predicted octanol–water partition coefficient (Wildman–Crippen LogP) is 2.88. The number of hydrogen-bond donors (Lipinski definition) is 1. The van der Waals surface area contributed by atoms with Gasteiger partial charge in [-0.2, -0.15) is 5.10 Å². The van der Waals surface area contributed by atoms with Crippen molar-refractivity contribution in [3.05, 3.63) is 39.8 Å². The van der Waals surface area contributed by atoms with E-state index >= 15 is 0 Å². The molecule has 2 aromatic heterocycles. The van der Waals surface area contributed by atoms with Crippen molar-refractivity contribution in [3.63, 3.8) is 0 Å². The molecule has 0 spiro atoms. The van der Waals surface area contributed by atoms with Crippen LogP contribution in [-0.4, -0.2) is 16.3 Å². The van der Waals surface area contributed by atoms with Crippen molar-refractivity contribution in [3.8, 4) is 0 Å². The number of hydrogen-bond acceptors (Lipinski definition) is 3. The van der Waals surface area contributed by atoms with Crippen molar-refractivity contribution in [2.45, 2.75) is 26.3 Å². The highest BCUT2D eigenvalue weighted by Gasteiger charge is 2.18. The third-order valence-electron chi connectivity index (χ3n) is 2.76. The van der Waals surface area contributed by atoms with Gasteiger partial charge in [0.25, 0.3) is 0 Å². The van der Waals surface area contributed by atoms with Crippen LogP contribution in [0.4, 0.5) is 0 Å². The maximum Gasteiger partial charge on any atom is 0.0841 e. The van der Waals surface area contributed by atoms with E-state index in [0.29, 0.717) is 0 Å². The van der Waals surface area contributed by atoms with Gasteiger partial charge in [0.1, 0.15) is 0 Å². The fourth-order valence-electron chi connectivity index (χ4n) is 2.00. The van der Waals surface area contributed by atoms with Crippen molar-refractivity contribution in [2.24, 2.45) is 7.05 Å². The molecule has 3 nitrogen and oxygen atoms in total. The minimum Gasteiger partial charge on any atom is -0.304 e. The van der Waals surface area contributed by atoms with Crippen LogP contribution >= 0.6 is 11.3 Å². The molecule has 2 rings (SSSR count). The average Bonchev–Trinajstić information content (AvgIpc) is 2.90. The highest BCUT2D eigenvalue weighted by atomic mass is 32.1. The molecule has 0 fully saturated rings. The summed E-state index contributed by atoms with van der Waals surface area (Å²) in [5.41, 5.74) is 2.31. The van der Waals surface area contributed by atoms with Gasteiger partial charge in [-0.25, -0.2) is 0 Å². The summed E-state index contributed by atoms with van der Waals surface area (Å²) in [5.74, 6) is 0. The van der Waals surface area contributed by atoms with Crippen molar-refractivity contribution in [1.29, 1.82) is 0 Å². The summed E-state index contributed by atoms with van der Waals surface area (Å²) in [7, 11) is 2.01. The van der Waals surface area contributed by atoms with E-state index in [2.05, 4.69) is 40.9 Å². The molecule has 2 aromatic rings. The molecule has 0 radical (unpaired) electrons. The molecule has 2 heterocycles. The lowest BCUT2D eigenvalue weighted by molar-refractivity contribution is 0.559. The molecular weight excluding hydrogens is 230 g/mol. The molecular formula is C13H19N3S. The first-order valence-electron chi connectivity index (χ1n) is 5.99. The van der Waals surface area contributed by atoms with E-state index in [9.17, 15) is 0 Å². The van der Waals surface area contributed by atoms with Gasteiger partial charge in [-0.1, -0.05) is 13.0 Å². The zero-order valence-corrected chi connectivity index (χ0v) is 11.4. The van der Waals surface area contributed by atoms with E-state index < -0.39 is 0 Å². The van der Waals surface area contributed by atoms with Gasteiger partial charge in [0.2, 0.25) is 0 Å². The Hall–Kier alpha value is -1.13. The summed E-state index contributed by atoms with van der Waals surface area (Å²) >= 11 is 1.79. The Bertz CT molecular complexity index is 459. The van der Waals surface area contributed by atoms with E-state index in [-0.39, 0.29) is 6.04 Å². The van der Waals surface area contributed by atoms with Crippen LogP contribution in [0.5, 0.6) is 0 Å². The SMILES string of the molecule is CCCNC(c1cccs1)c1cc(C)nn1C. The molecule has 1 atom stereocenters. The van der Waals surface area contributed by atoms with Crippen LogP contribution in [0.1, 0.15) is 35.7 Å². The number of nitrogens with one attached hydrogen (secondary N) is 1. The van der Waals surface area contributed by atoms with Gasteiger partial charge in [0.05, 0.1) is 17.4 Å². The molecule has 4 heteroatoms. The van der Waals surface area contributed by atoms with E-state index in [4.69, 9.17) is 0 Å². The Kier molecular flexibility index (Phi) is 3.97. The zero-order chi connectivity index (χ0) is 12.3. The smallest absolute Gasteiger partial charge is 0.0841 e. The average molecular weight is 249 g/mol. The Labute approximate surface area is 106 Å². The lowest BCUT2D eigenvalue weighted by Crippen LogP contribution is -2.24. The van der Waals surface area contributed by atoms with Crippen LogP contribution in [-0.2, 0) is 7.05 Å². The first-order valence-corrected chi connectivity index (χ1v) is 6.87. The summed E-state index contributed by atoms with van der Waals surface area (Å²) in [5, 5.41) is 10.1. The molecule has 0 aliphatic rings. The largest absolute Gasteiger partial charge is 0.304 e. The van der Waals surface area contributed by atoms with Crippen molar-refractivity contribution in [2.75, 3.05) is 6.54 Å². The lowest BCUT2D eigenvalue weighted by Gasteiger charge is -2.17. The van der Waals surface area contributed by atoms with Crippen LogP contribution in [0.2, 0.25) is 0 Å². The second-order valence-electron chi connectivity index (χ2n) is 4.24. The van der Waals surface area contributed by atoms with Crippen molar-refractivity contribution in [1.82, 2.24) is 15.1 Å². The van der Waals surface area contributed by atoms with E-state index in [1.54, 1.807) is 11.3 Å². The number of aryl methyl sites for hydroxylation is 2. The van der Waals surface area contributed by atoms with Crippen molar-refractivity contribution < 1.29 is 0 Å². The Morgan fingerprint density at radius 3 is 2.88 bits per heavy atom. The highest BCUT2D eigenvalue weighted by molar-refractivity contribution is 7.10. The topological polar surface area (TPSA) is 29.9 Å². The van der Waals surface area contributed by atoms with E-state index in [1.165, 1.54) is 10.6 Å². The van der Waals surface area contributed by atoms with E-state index in [1.807, 2.05) is 18.7 Å². The monoisotopic (exact) mass is 249 g/mol. The van der Waals surface area contributed by atoms with Crippen LogP contribution in [0, 0.1) is 6.92 Å². The van der Waals surface area contributed by atoms with E-state index in [0.717, 1.165) is 18.7 Å². The fourth-order valence-corrected chi connectivity index (χ4v) is 2.81. The summed E-state index contributed by atoms with van der Waals surface area (Å²) in [4.78, 5) is 1.35. The summed E-state index contributed by atoms with van der Waals surface area (Å²) in [6.45, 7) is 5.24. The quantitative estimate of drug-likeness (QED) is 0.883. The standard InChI is InChI=1S/C13H19N3S/c1-4-7-14-13(12-6-5-8-17-12)11-9-10(2)15-16(11)3/h5-6,8-9,13-14H,4,7H2,1-3H3. The third kappa shape index (κ3) is 2.76. The Morgan fingerprint density at radius 1 is 1.53 bits per heavy atom. The molecule has 0 bridgehead atoms. The minimum atomic E-state index is 0.265. The number of rotatable bonds is 5.